The van der Waals surface area contributed by atoms with Gasteiger partial charge in [-0.1, -0.05) is 39.3 Å². The van der Waals surface area contributed by atoms with Crippen LogP contribution in [0.5, 0.6) is 0 Å². The standard InChI is InChI=1S/C33H52O12/c1-16(2)18-8-10-30(4)12-20-19(9-11-32(20,38)15-40-7)17(3)24(36)26(23(18)30)42-28-25(37)27-33(22(41-28)14-39-6)44-29(43-27)31(5,45-33)21(35)13-34/h12,16-17,19,21-22,24-29,34-38H,8-11,13-15H2,1-7H3/t17-,19+,21+,22-,24-,25-,26-,27-,28-,29+,30-,31+,32+,33-/m1/s1. The summed E-state index contributed by atoms with van der Waals surface area (Å²) in [4.78, 5) is 0. The van der Waals surface area contributed by atoms with E-state index in [-0.39, 0.29) is 31.0 Å². The van der Waals surface area contributed by atoms with Crippen molar-refractivity contribution in [3.05, 3.63) is 22.8 Å². The summed E-state index contributed by atoms with van der Waals surface area (Å²) >= 11 is 0. The second kappa shape index (κ2) is 11.9. The van der Waals surface area contributed by atoms with Crippen LogP contribution in [-0.2, 0) is 33.2 Å². The smallest absolute Gasteiger partial charge is 0.230 e. The van der Waals surface area contributed by atoms with Crippen molar-refractivity contribution >= 4 is 0 Å². The molecule has 45 heavy (non-hydrogen) atoms. The molecule has 1 saturated carbocycles. The van der Waals surface area contributed by atoms with Crippen LogP contribution in [0.15, 0.2) is 22.8 Å². The molecule has 3 saturated heterocycles. The molecule has 0 aromatic carbocycles. The van der Waals surface area contributed by atoms with Crippen LogP contribution in [0.2, 0.25) is 0 Å². The number of hydrogen-bond donors (Lipinski definition) is 5. The van der Waals surface area contributed by atoms with Crippen LogP contribution in [0.4, 0.5) is 0 Å². The first-order valence-corrected chi connectivity index (χ1v) is 16.4. The van der Waals surface area contributed by atoms with Gasteiger partial charge in [-0.2, -0.15) is 0 Å². The number of methoxy groups -OCH3 is 2. The quantitative estimate of drug-likeness (QED) is 0.229. The van der Waals surface area contributed by atoms with Crippen molar-refractivity contribution in [3.8, 4) is 0 Å². The van der Waals surface area contributed by atoms with Crippen LogP contribution in [0, 0.1) is 23.2 Å². The van der Waals surface area contributed by atoms with E-state index in [0.717, 1.165) is 24.0 Å². The molecule has 3 aliphatic heterocycles. The first-order chi connectivity index (χ1) is 21.2. The summed E-state index contributed by atoms with van der Waals surface area (Å²) in [7, 11) is 3.10. The Balaban J connectivity index is 1.37. The Bertz CT molecular complexity index is 1190. The van der Waals surface area contributed by atoms with E-state index < -0.39 is 78.2 Å². The molecular formula is C33H52O12. The van der Waals surface area contributed by atoms with Gasteiger partial charge in [0.15, 0.2) is 12.6 Å². The Morgan fingerprint density at radius 1 is 1.07 bits per heavy atom. The van der Waals surface area contributed by atoms with Gasteiger partial charge in [-0.3, -0.25) is 0 Å². The molecule has 0 aromatic heterocycles. The summed E-state index contributed by atoms with van der Waals surface area (Å²) in [5.74, 6) is -1.81. The van der Waals surface area contributed by atoms with E-state index in [1.165, 1.54) is 12.7 Å². The third kappa shape index (κ3) is 5.02. The molecule has 2 bridgehead atoms. The number of aliphatic hydroxyl groups is 5. The molecule has 12 heteroatoms. The summed E-state index contributed by atoms with van der Waals surface area (Å²) in [6.45, 7) is 9.58. The highest BCUT2D eigenvalue weighted by Crippen LogP contribution is 2.58. The first kappa shape index (κ1) is 33.9. The fourth-order valence-electron chi connectivity index (χ4n) is 8.99. The van der Waals surface area contributed by atoms with Gasteiger partial charge in [0, 0.05) is 19.6 Å². The lowest BCUT2D eigenvalue weighted by molar-refractivity contribution is -0.390. The number of fused-ring (bicyclic) bond motifs is 3. The molecule has 3 aliphatic carbocycles. The number of ether oxygens (including phenoxy) is 7. The molecule has 12 nitrogen and oxygen atoms in total. The minimum atomic E-state index is -1.62. The average Bonchev–Trinajstić information content (AvgIpc) is 3.72. The Kier molecular flexibility index (Phi) is 8.92. The van der Waals surface area contributed by atoms with E-state index in [0.29, 0.717) is 12.8 Å². The van der Waals surface area contributed by atoms with Gasteiger partial charge >= 0.3 is 0 Å². The zero-order valence-electron chi connectivity index (χ0n) is 27.5. The highest BCUT2D eigenvalue weighted by molar-refractivity contribution is 5.42. The van der Waals surface area contributed by atoms with E-state index in [1.807, 2.05) is 6.92 Å². The zero-order valence-corrected chi connectivity index (χ0v) is 27.5. The highest BCUT2D eigenvalue weighted by atomic mass is 16.9. The van der Waals surface area contributed by atoms with E-state index >= 15 is 0 Å². The molecule has 1 spiro atoms. The molecule has 5 N–H and O–H groups in total. The van der Waals surface area contributed by atoms with Gasteiger partial charge in [0.05, 0.1) is 25.9 Å². The van der Waals surface area contributed by atoms with Crippen molar-refractivity contribution in [2.45, 2.75) is 126 Å². The summed E-state index contributed by atoms with van der Waals surface area (Å²) < 4.78 is 42.6. The summed E-state index contributed by atoms with van der Waals surface area (Å²) in [6.07, 6.45) is -3.74. The monoisotopic (exact) mass is 640 g/mol. The van der Waals surface area contributed by atoms with Gasteiger partial charge in [0.25, 0.3) is 0 Å². The largest absolute Gasteiger partial charge is 0.394 e. The maximum atomic E-state index is 12.2. The molecule has 0 amide bonds. The minimum Gasteiger partial charge on any atom is -0.394 e. The van der Waals surface area contributed by atoms with Crippen molar-refractivity contribution in [3.63, 3.8) is 0 Å². The van der Waals surface area contributed by atoms with Crippen LogP contribution in [0.1, 0.15) is 60.3 Å². The predicted octanol–water partition coefficient (Wildman–Crippen LogP) is 1.16. The fraction of sp³-hybridized carbons (Fsp3) is 0.879. The van der Waals surface area contributed by atoms with Gasteiger partial charge < -0.3 is 58.7 Å². The molecule has 4 fully saturated rings. The van der Waals surface area contributed by atoms with Crippen LogP contribution < -0.4 is 0 Å². The first-order valence-electron chi connectivity index (χ1n) is 16.4. The Morgan fingerprint density at radius 3 is 2.44 bits per heavy atom. The van der Waals surface area contributed by atoms with Crippen molar-refractivity contribution in [2.75, 3.05) is 34.0 Å². The van der Waals surface area contributed by atoms with Crippen LogP contribution in [0.3, 0.4) is 0 Å². The van der Waals surface area contributed by atoms with Crippen molar-refractivity contribution in [2.24, 2.45) is 23.2 Å². The van der Waals surface area contributed by atoms with Crippen LogP contribution >= 0.6 is 0 Å². The van der Waals surface area contributed by atoms with Gasteiger partial charge in [0.2, 0.25) is 5.79 Å². The lowest BCUT2D eigenvalue weighted by Gasteiger charge is -2.51. The number of rotatable bonds is 9. The van der Waals surface area contributed by atoms with Crippen molar-refractivity contribution < 1.29 is 58.7 Å². The Labute approximate surface area is 265 Å². The average molecular weight is 641 g/mol. The molecule has 3 heterocycles. The zero-order chi connectivity index (χ0) is 32.7. The molecule has 256 valence electrons. The van der Waals surface area contributed by atoms with Crippen LogP contribution in [0.25, 0.3) is 0 Å². The predicted molar refractivity (Wildman–Crippen MR) is 158 cm³/mol. The second-order valence-corrected chi connectivity index (χ2v) is 14.8. The number of aliphatic hydroxyl groups excluding tert-OH is 4. The summed E-state index contributed by atoms with van der Waals surface area (Å²) in [6, 6.07) is 0. The highest BCUT2D eigenvalue weighted by Gasteiger charge is 2.75. The van der Waals surface area contributed by atoms with E-state index in [1.54, 1.807) is 14.0 Å². The Morgan fingerprint density at radius 2 is 1.80 bits per heavy atom. The molecule has 6 aliphatic rings. The molecule has 6 rings (SSSR count). The third-order valence-electron chi connectivity index (χ3n) is 11.6. The molecule has 0 radical (unpaired) electrons. The topological polar surface area (TPSA) is 166 Å². The molecule has 0 unspecified atom stereocenters. The molecule has 0 aromatic rings. The normalized spacial score (nSPS) is 49.9. The van der Waals surface area contributed by atoms with E-state index in [4.69, 9.17) is 33.2 Å². The Hall–Kier alpha value is -1.00. The van der Waals surface area contributed by atoms with Gasteiger partial charge in [0.1, 0.15) is 41.7 Å². The third-order valence-corrected chi connectivity index (χ3v) is 11.6. The number of allylic oxidation sites excluding steroid dienone is 2. The minimum absolute atomic E-state index is 0.00199. The molecule has 14 atom stereocenters. The molecular weight excluding hydrogens is 588 g/mol. The van der Waals surface area contributed by atoms with Gasteiger partial charge in [-0.05, 0) is 61.5 Å². The van der Waals surface area contributed by atoms with Gasteiger partial charge in [-0.25, -0.2) is 0 Å². The van der Waals surface area contributed by atoms with Crippen molar-refractivity contribution in [1.29, 1.82) is 0 Å². The van der Waals surface area contributed by atoms with Crippen molar-refractivity contribution in [1.82, 2.24) is 0 Å². The SMILES string of the molecule is COC[C@H]1O[C@H](O[C@@H]2C3=C(C(C)C)CC[C@]3(C)C=C3[C@@H](CC[C@]3(O)COC)[C@@H](C)[C@H]2O)[C@H](O)[C@H]2O[C@H]3O[C@]21O[C@@]3(C)[C@@H](O)CO. The van der Waals surface area contributed by atoms with Gasteiger partial charge in [-0.15, -0.1) is 0 Å². The second-order valence-electron chi connectivity index (χ2n) is 14.8. The lowest BCUT2D eigenvalue weighted by atomic mass is 9.68. The number of hydrogen-bond acceptors (Lipinski definition) is 12. The maximum absolute atomic E-state index is 12.2. The fourth-order valence-corrected chi connectivity index (χ4v) is 8.99. The van der Waals surface area contributed by atoms with E-state index in [2.05, 4.69) is 26.8 Å². The lowest BCUT2D eigenvalue weighted by Crippen LogP contribution is -2.70. The van der Waals surface area contributed by atoms with Crippen LogP contribution in [-0.4, -0.2) is 126 Å². The maximum Gasteiger partial charge on any atom is 0.230 e. The summed E-state index contributed by atoms with van der Waals surface area (Å²) in [5.41, 5.74) is 0.0380. The van der Waals surface area contributed by atoms with E-state index in [9.17, 15) is 25.5 Å². The summed E-state index contributed by atoms with van der Waals surface area (Å²) in [5, 5.41) is 55.9.